The predicted octanol–water partition coefficient (Wildman–Crippen LogP) is 3.00. The molecule has 3 rings (SSSR count). The van der Waals surface area contributed by atoms with Crippen LogP contribution >= 0.6 is 11.6 Å². The highest BCUT2D eigenvalue weighted by molar-refractivity contribution is 6.31. The molecule has 0 radical (unpaired) electrons. The lowest BCUT2D eigenvalue weighted by molar-refractivity contribution is 1.01. The van der Waals surface area contributed by atoms with Crippen LogP contribution in [0.15, 0.2) is 42.7 Å². The average molecular weight is 356 g/mol. The van der Waals surface area contributed by atoms with Crippen molar-refractivity contribution in [1.29, 1.82) is 0 Å². The molecule has 4 N–H and O–H groups in total. The summed E-state index contributed by atoms with van der Waals surface area (Å²) < 4.78 is 0. The Labute approximate surface area is 150 Å². The van der Waals surface area contributed by atoms with Gasteiger partial charge in [-0.2, -0.15) is 4.98 Å². The molecule has 8 heteroatoms. The summed E-state index contributed by atoms with van der Waals surface area (Å²) in [5.41, 5.74) is 8.47. The minimum atomic E-state index is 0.207. The summed E-state index contributed by atoms with van der Waals surface area (Å²) in [6.07, 6.45) is 3.38. The Morgan fingerprint density at radius 2 is 1.80 bits per heavy atom. The van der Waals surface area contributed by atoms with E-state index in [4.69, 9.17) is 17.3 Å². The first-order valence-corrected chi connectivity index (χ1v) is 8.16. The monoisotopic (exact) mass is 355 g/mol. The molecule has 0 unspecified atom stereocenters. The first-order valence-electron chi connectivity index (χ1n) is 7.78. The molecule has 0 saturated carbocycles. The minimum absolute atomic E-state index is 0.207. The summed E-state index contributed by atoms with van der Waals surface area (Å²) >= 11 is 6.19. The first kappa shape index (κ1) is 16.9. The Morgan fingerprint density at radius 3 is 2.60 bits per heavy atom. The van der Waals surface area contributed by atoms with Gasteiger partial charge in [0.15, 0.2) is 0 Å². The van der Waals surface area contributed by atoms with E-state index in [2.05, 4.69) is 30.6 Å². The Kier molecular flexibility index (Phi) is 5.25. The SMILES string of the molecule is Cc1c(Cl)cccc1-c1cc(NCCNc2ncccn2)nc(N)n1. The van der Waals surface area contributed by atoms with Gasteiger partial charge in [-0.3, -0.25) is 0 Å². The number of halogens is 1. The second-order valence-electron chi connectivity index (χ2n) is 5.33. The molecule has 2 aromatic heterocycles. The standard InChI is InChI=1S/C17H18ClN7/c1-11-12(4-2-5-13(11)18)14-10-15(25-16(19)24-14)20-8-9-23-17-21-6-3-7-22-17/h2-7,10H,8-9H2,1H3,(H,21,22,23)(H3,19,20,24,25). The molecule has 0 saturated heterocycles. The average Bonchev–Trinajstić information content (AvgIpc) is 2.61. The summed E-state index contributed by atoms with van der Waals surface area (Å²) in [5, 5.41) is 7.02. The molecular formula is C17H18ClN7. The highest BCUT2D eigenvalue weighted by Gasteiger charge is 2.09. The molecule has 25 heavy (non-hydrogen) atoms. The molecule has 3 aromatic rings. The van der Waals surface area contributed by atoms with E-state index in [1.807, 2.05) is 31.2 Å². The Hall–Kier alpha value is -2.93. The van der Waals surface area contributed by atoms with Gasteiger partial charge in [0, 0.05) is 42.1 Å². The van der Waals surface area contributed by atoms with Gasteiger partial charge in [0.25, 0.3) is 0 Å². The molecule has 0 bridgehead atoms. The summed E-state index contributed by atoms with van der Waals surface area (Å²) in [5.74, 6) is 1.44. The van der Waals surface area contributed by atoms with E-state index >= 15 is 0 Å². The van der Waals surface area contributed by atoms with E-state index in [0.29, 0.717) is 29.9 Å². The molecule has 7 nitrogen and oxygen atoms in total. The van der Waals surface area contributed by atoms with Gasteiger partial charge in [-0.25, -0.2) is 15.0 Å². The summed E-state index contributed by atoms with van der Waals surface area (Å²) in [4.78, 5) is 16.7. The third-order valence-electron chi connectivity index (χ3n) is 3.57. The number of hydrogen-bond acceptors (Lipinski definition) is 7. The maximum atomic E-state index is 6.19. The van der Waals surface area contributed by atoms with Crippen molar-refractivity contribution in [2.75, 3.05) is 29.5 Å². The molecule has 128 valence electrons. The number of rotatable bonds is 6. The van der Waals surface area contributed by atoms with Crippen LogP contribution in [0.25, 0.3) is 11.3 Å². The molecule has 0 atom stereocenters. The predicted molar refractivity (Wildman–Crippen MR) is 101 cm³/mol. The molecule has 2 heterocycles. The zero-order valence-electron chi connectivity index (χ0n) is 13.7. The van der Waals surface area contributed by atoms with Crippen LogP contribution in [-0.2, 0) is 0 Å². The van der Waals surface area contributed by atoms with Crippen molar-refractivity contribution in [2.24, 2.45) is 0 Å². The van der Waals surface area contributed by atoms with Crippen molar-refractivity contribution >= 4 is 29.3 Å². The summed E-state index contributed by atoms with van der Waals surface area (Å²) in [6, 6.07) is 9.32. The van der Waals surface area contributed by atoms with Crippen molar-refractivity contribution in [3.8, 4) is 11.3 Å². The maximum Gasteiger partial charge on any atom is 0.222 e. The summed E-state index contributed by atoms with van der Waals surface area (Å²) in [7, 11) is 0. The van der Waals surface area contributed by atoms with Gasteiger partial charge < -0.3 is 16.4 Å². The number of nitrogen functional groups attached to an aromatic ring is 1. The minimum Gasteiger partial charge on any atom is -0.368 e. The molecule has 0 aliphatic heterocycles. The van der Waals surface area contributed by atoms with Gasteiger partial charge in [-0.1, -0.05) is 23.7 Å². The topological polar surface area (TPSA) is 102 Å². The second kappa shape index (κ2) is 7.76. The number of anilines is 3. The number of nitrogens with zero attached hydrogens (tertiary/aromatic N) is 4. The molecule has 0 fully saturated rings. The van der Waals surface area contributed by atoms with E-state index in [1.165, 1.54) is 0 Å². The van der Waals surface area contributed by atoms with Crippen LogP contribution in [0.4, 0.5) is 17.7 Å². The maximum absolute atomic E-state index is 6.19. The van der Waals surface area contributed by atoms with Crippen molar-refractivity contribution in [3.63, 3.8) is 0 Å². The van der Waals surface area contributed by atoms with E-state index in [-0.39, 0.29) is 5.95 Å². The van der Waals surface area contributed by atoms with Gasteiger partial charge in [-0.05, 0) is 24.6 Å². The highest BCUT2D eigenvalue weighted by Crippen LogP contribution is 2.28. The normalized spacial score (nSPS) is 10.5. The highest BCUT2D eigenvalue weighted by atomic mass is 35.5. The van der Waals surface area contributed by atoms with E-state index < -0.39 is 0 Å². The molecule has 0 amide bonds. The molecule has 0 spiro atoms. The number of aromatic nitrogens is 4. The third kappa shape index (κ3) is 4.33. The van der Waals surface area contributed by atoms with Gasteiger partial charge in [0.1, 0.15) is 5.82 Å². The number of hydrogen-bond donors (Lipinski definition) is 3. The smallest absolute Gasteiger partial charge is 0.222 e. The Morgan fingerprint density at radius 1 is 1.04 bits per heavy atom. The zero-order valence-corrected chi connectivity index (χ0v) is 14.5. The van der Waals surface area contributed by atoms with Gasteiger partial charge in [-0.15, -0.1) is 0 Å². The Balaban J connectivity index is 1.68. The van der Waals surface area contributed by atoms with Crippen molar-refractivity contribution < 1.29 is 0 Å². The molecule has 0 aliphatic carbocycles. The molecule has 0 aliphatic rings. The lowest BCUT2D eigenvalue weighted by Crippen LogP contribution is -2.16. The summed E-state index contributed by atoms with van der Waals surface area (Å²) in [6.45, 7) is 3.22. The third-order valence-corrected chi connectivity index (χ3v) is 3.98. The number of benzene rings is 1. The van der Waals surface area contributed by atoms with Gasteiger partial charge >= 0.3 is 0 Å². The van der Waals surface area contributed by atoms with Crippen molar-refractivity contribution in [2.45, 2.75) is 6.92 Å². The Bertz CT molecular complexity index is 855. The van der Waals surface area contributed by atoms with Crippen LogP contribution in [0.1, 0.15) is 5.56 Å². The fraction of sp³-hybridized carbons (Fsp3) is 0.176. The van der Waals surface area contributed by atoms with E-state index in [9.17, 15) is 0 Å². The lowest BCUT2D eigenvalue weighted by atomic mass is 10.1. The van der Waals surface area contributed by atoms with Gasteiger partial charge in [0.05, 0.1) is 5.69 Å². The fourth-order valence-electron chi connectivity index (χ4n) is 2.33. The van der Waals surface area contributed by atoms with Crippen LogP contribution in [0.3, 0.4) is 0 Å². The van der Waals surface area contributed by atoms with Crippen LogP contribution in [0.5, 0.6) is 0 Å². The van der Waals surface area contributed by atoms with Crippen molar-refractivity contribution in [1.82, 2.24) is 19.9 Å². The van der Waals surface area contributed by atoms with Crippen molar-refractivity contribution in [3.05, 3.63) is 53.3 Å². The molecule has 1 aromatic carbocycles. The lowest BCUT2D eigenvalue weighted by Gasteiger charge is -2.11. The fourth-order valence-corrected chi connectivity index (χ4v) is 2.51. The number of nitrogens with two attached hydrogens (primary N) is 1. The largest absolute Gasteiger partial charge is 0.368 e. The van der Waals surface area contributed by atoms with Crippen LogP contribution in [-0.4, -0.2) is 33.0 Å². The van der Waals surface area contributed by atoms with Crippen LogP contribution < -0.4 is 16.4 Å². The van der Waals surface area contributed by atoms with E-state index in [1.54, 1.807) is 18.5 Å². The van der Waals surface area contributed by atoms with Gasteiger partial charge in [0.2, 0.25) is 11.9 Å². The first-order chi connectivity index (χ1) is 12.1. The van der Waals surface area contributed by atoms with E-state index in [0.717, 1.165) is 16.8 Å². The molecular weight excluding hydrogens is 338 g/mol. The van der Waals surface area contributed by atoms with Crippen LogP contribution in [0, 0.1) is 6.92 Å². The second-order valence-corrected chi connectivity index (χ2v) is 5.74. The zero-order chi connectivity index (χ0) is 17.6. The van der Waals surface area contributed by atoms with Crippen LogP contribution in [0.2, 0.25) is 5.02 Å². The quantitative estimate of drug-likeness (QED) is 0.584. The number of nitrogens with one attached hydrogen (secondary N) is 2.